The zero-order valence-corrected chi connectivity index (χ0v) is 11.0. The number of nitrogens with zero attached hydrogens (tertiary/aromatic N) is 1. The van der Waals surface area contributed by atoms with Crippen molar-refractivity contribution in [3.63, 3.8) is 0 Å². The van der Waals surface area contributed by atoms with E-state index in [0.717, 1.165) is 11.1 Å². The number of aryl methyl sites for hydroxylation is 1. The molecule has 5 heteroatoms. The molecule has 2 rings (SSSR count). The first-order valence-corrected chi connectivity index (χ1v) is 5.98. The largest absolute Gasteiger partial charge is 0.380 e. The van der Waals surface area contributed by atoms with E-state index in [2.05, 4.69) is 10.5 Å². The van der Waals surface area contributed by atoms with Gasteiger partial charge in [0.25, 0.3) is 5.91 Å². The van der Waals surface area contributed by atoms with Crippen molar-refractivity contribution in [2.45, 2.75) is 20.1 Å². The minimum Gasteiger partial charge on any atom is -0.380 e. The maximum absolute atomic E-state index is 11.8. The number of amides is 1. The van der Waals surface area contributed by atoms with Gasteiger partial charge in [0.15, 0.2) is 5.69 Å². The van der Waals surface area contributed by atoms with Crippen LogP contribution in [0.5, 0.6) is 0 Å². The molecule has 1 amide bonds. The number of nitrogens with one attached hydrogen (secondary N) is 1. The van der Waals surface area contributed by atoms with Crippen LogP contribution in [0.25, 0.3) is 0 Å². The predicted octanol–water partition coefficient (Wildman–Crippen LogP) is 2.06. The van der Waals surface area contributed by atoms with E-state index in [-0.39, 0.29) is 5.91 Å². The lowest BCUT2D eigenvalue weighted by Crippen LogP contribution is -2.23. The number of benzene rings is 1. The summed E-state index contributed by atoms with van der Waals surface area (Å²) in [7, 11) is 1.65. The Morgan fingerprint density at radius 2 is 2.11 bits per heavy atom. The highest BCUT2D eigenvalue weighted by molar-refractivity contribution is 5.92. The van der Waals surface area contributed by atoms with Crippen molar-refractivity contribution >= 4 is 5.91 Å². The van der Waals surface area contributed by atoms with Crippen LogP contribution < -0.4 is 5.32 Å². The van der Waals surface area contributed by atoms with Crippen molar-refractivity contribution in [1.82, 2.24) is 10.5 Å². The monoisotopic (exact) mass is 260 g/mol. The minimum absolute atomic E-state index is 0.246. The number of methoxy groups -OCH3 is 1. The molecule has 0 saturated carbocycles. The van der Waals surface area contributed by atoms with Crippen LogP contribution in [-0.2, 0) is 17.9 Å². The molecule has 1 aromatic heterocycles. The quantitative estimate of drug-likeness (QED) is 0.893. The first-order valence-electron chi connectivity index (χ1n) is 5.98. The zero-order valence-electron chi connectivity index (χ0n) is 11.0. The van der Waals surface area contributed by atoms with Crippen molar-refractivity contribution in [3.8, 4) is 0 Å². The molecule has 0 bridgehead atoms. The molecule has 1 N–H and O–H groups in total. The molecular weight excluding hydrogens is 244 g/mol. The number of carbonyl (C=O) groups excluding carboxylic acids is 1. The number of hydrogen-bond acceptors (Lipinski definition) is 4. The Morgan fingerprint density at radius 1 is 1.37 bits per heavy atom. The maximum atomic E-state index is 11.8. The van der Waals surface area contributed by atoms with E-state index in [0.29, 0.717) is 24.6 Å². The number of carbonyl (C=O) groups is 1. The summed E-state index contributed by atoms with van der Waals surface area (Å²) in [5.74, 6) is 0.369. The number of aromatic nitrogens is 1. The lowest BCUT2D eigenvalue weighted by molar-refractivity contribution is 0.0941. The van der Waals surface area contributed by atoms with Gasteiger partial charge in [0.05, 0.1) is 6.61 Å². The second kappa shape index (κ2) is 6.15. The fourth-order valence-corrected chi connectivity index (χ4v) is 1.77. The minimum atomic E-state index is -0.246. The van der Waals surface area contributed by atoms with Gasteiger partial charge in [-0.05, 0) is 18.1 Å². The summed E-state index contributed by atoms with van der Waals surface area (Å²) in [6.45, 7) is 2.71. The molecule has 0 aliphatic carbocycles. The highest BCUT2D eigenvalue weighted by atomic mass is 16.5. The Kier molecular flexibility index (Phi) is 4.30. The van der Waals surface area contributed by atoms with E-state index in [1.54, 1.807) is 20.1 Å². The van der Waals surface area contributed by atoms with E-state index >= 15 is 0 Å². The summed E-state index contributed by atoms with van der Waals surface area (Å²) in [6, 6.07) is 9.42. The van der Waals surface area contributed by atoms with Gasteiger partial charge in [0, 0.05) is 19.7 Å². The lowest BCUT2D eigenvalue weighted by atomic mass is 10.1. The molecule has 0 aliphatic rings. The van der Waals surface area contributed by atoms with Gasteiger partial charge in [-0.15, -0.1) is 0 Å². The van der Waals surface area contributed by atoms with Gasteiger partial charge < -0.3 is 14.6 Å². The second-order valence-corrected chi connectivity index (χ2v) is 4.21. The van der Waals surface area contributed by atoms with Gasteiger partial charge in [-0.25, -0.2) is 0 Å². The molecule has 1 heterocycles. The van der Waals surface area contributed by atoms with E-state index < -0.39 is 0 Å². The third-order valence-electron chi connectivity index (χ3n) is 2.72. The predicted molar refractivity (Wildman–Crippen MR) is 69.6 cm³/mol. The topological polar surface area (TPSA) is 64.4 Å². The third-order valence-corrected chi connectivity index (χ3v) is 2.72. The maximum Gasteiger partial charge on any atom is 0.273 e. The summed E-state index contributed by atoms with van der Waals surface area (Å²) < 4.78 is 9.99. The van der Waals surface area contributed by atoms with E-state index in [1.807, 2.05) is 24.3 Å². The molecule has 19 heavy (non-hydrogen) atoms. The van der Waals surface area contributed by atoms with E-state index in [1.165, 1.54) is 0 Å². The summed E-state index contributed by atoms with van der Waals surface area (Å²) in [4.78, 5) is 11.8. The summed E-state index contributed by atoms with van der Waals surface area (Å²) >= 11 is 0. The summed E-state index contributed by atoms with van der Waals surface area (Å²) in [5.41, 5.74) is 2.38. The van der Waals surface area contributed by atoms with E-state index in [9.17, 15) is 4.79 Å². The van der Waals surface area contributed by atoms with Crippen LogP contribution in [0.2, 0.25) is 0 Å². The lowest BCUT2D eigenvalue weighted by Gasteiger charge is -2.09. The highest BCUT2D eigenvalue weighted by Crippen LogP contribution is 2.10. The van der Waals surface area contributed by atoms with Gasteiger partial charge in [-0.2, -0.15) is 0 Å². The molecule has 0 saturated heterocycles. The van der Waals surface area contributed by atoms with E-state index in [4.69, 9.17) is 9.26 Å². The molecule has 100 valence electrons. The Hall–Kier alpha value is -2.14. The first kappa shape index (κ1) is 13.3. The fourth-order valence-electron chi connectivity index (χ4n) is 1.77. The van der Waals surface area contributed by atoms with Crippen LogP contribution >= 0.6 is 0 Å². The normalized spacial score (nSPS) is 10.4. The molecule has 5 nitrogen and oxygen atoms in total. The molecule has 0 unspecified atom stereocenters. The Bertz CT molecular complexity index is 563. The van der Waals surface area contributed by atoms with Gasteiger partial charge in [0.1, 0.15) is 5.76 Å². The molecule has 0 spiro atoms. The van der Waals surface area contributed by atoms with Crippen molar-refractivity contribution in [1.29, 1.82) is 0 Å². The van der Waals surface area contributed by atoms with Crippen LogP contribution in [0.15, 0.2) is 34.9 Å². The number of ether oxygens (including phenoxy) is 1. The summed E-state index contributed by atoms with van der Waals surface area (Å²) in [6.07, 6.45) is 0. The average Bonchev–Trinajstić information content (AvgIpc) is 2.84. The smallest absolute Gasteiger partial charge is 0.273 e. The van der Waals surface area contributed by atoms with Crippen LogP contribution in [-0.4, -0.2) is 18.2 Å². The highest BCUT2D eigenvalue weighted by Gasteiger charge is 2.11. The second-order valence-electron chi connectivity index (χ2n) is 4.21. The fraction of sp³-hybridized carbons (Fsp3) is 0.286. The Balaban J connectivity index is 2.00. The average molecular weight is 260 g/mol. The third kappa shape index (κ3) is 3.42. The molecule has 1 aromatic carbocycles. The van der Waals surface area contributed by atoms with Crippen molar-refractivity contribution in [2.24, 2.45) is 0 Å². The Morgan fingerprint density at radius 3 is 2.74 bits per heavy atom. The SMILES string of the molecule is COCc1ccccc1CNC(=O)c1cc(C)on1. The molecule has 0 aliphatic heterocycles. The molecular formula is C14H16N2O3. The van der Waals surface area contributed by atoms with Gasteiger partial charge in [-0.1, -0.05) is 29.4 Å². The molecule has 0 radical (unpaired) electrons. The van der Waals surface area contributed by atoms with Crippen molar-refractivity contribution < 1.29 is 14.1 Å². The van der Waals surface area contributed by atoms with Gasteiger partial charge in [-0.3, -0.25) is 4.79 Å². The molecule has 0 atom stereocenters. The van der Waals surface area contributed by atoms with Crippen LogP contribution in [0, 0.1) is 6.92 Å². The number of rotatable bonds is 5. The van der Waals surface area contributed by atoms with Crippen LogP contribution in [0.1, 0.15) is 27.4 Å². The molecule has 0 fully saturated rings. The van der Waals surface area contributed by atoms with Crippen molar-refractivity contribution in [2.75, 3.05) is 7.11 Å². The zero-order chi connectivity index (χ0) is 13.7. The Labute approximate surface area is 111 Å². The van der Waals surface area contributed by atoms with Crippen molar-refractivity contribution in [3.05, 3.63) is 52.9 Å². The standard InChI is InChI=1S/C14H16N2O3/c1-10-7-13(16-19-10)14(17)15-8-11-5-3-4-6-12(11)9-18-2/h3-7H,8-9H2,1-2H3,(H,15,17). The molecule has 2 aromatic rings. The first-order chi connectivity index (χ1) is 9.20. The number of hydrogen-bond donors (Lipinski definition) is 1. The summed E-state index contributed by atoms with van der Waals surface area (Å²) in [5, 5.41) is 6.49. The van der Waals surface area contributed by atoms with Crippen LogP contribution in [0.4, 0.5) is 0 Å². The van der Waals surface area contributed by atoms with Gasteiger partial charge >= 0.3 is 0 Å². The van der Waals surface area contributed by atoms with Crippen LogP contribution in [0.3, 0.4) is 0 Å². The van der Waals surface area contributed by atoms with Gasteiger partial charge in [0.2, 0.25) is 0 Å².